The minimum Gasteiger partial charge on any atom is -0.492 e. The average Bonchev–Trinajstić information content (AvgIpc) is 2.64. The molecule has 2 aromatic carbocycles. The minimum absolute atomic E-state index is 0.0416. The third-order valence-corrected chi connectivity index (χ3v) is 3.71. The number of fused-ring (bicyclic) bond motifs is 1. The number of nitrogens with one attached hydrogen (secondary N) is 2. The number of aromatic nitrogens is 1. The van der Waals surface area contributed by atoms with Crippen LogP contribution in [0.2, 0.25) is 0 Å². The van der Waals surface area contributed by atoms with Crippen molar-refractivity contribution in [2.24, 2.45) is 0 Å². The molecule has 27 heavy (non-hydrogen) atoms. The molecule has 0 fully saturated rings. The quantitative estimate of drug-likeness (QED) is 0.376. The normalized spacial score (nSPS) is 10.4. The van der Waals surface area contributed by atoms with Gasteiger partial charge in [-0.1, -0.05) is 6.07 Å². The summed E-state index contributed by atoms with van der Waals surface area (Å²) in [6.45, 7) is 2.38. The van der Waals surface area contributed by atoms with E-state index < -0.39 is 4.92 Å². The first-order valence-corrected chi connectivity index (χ1v) is 8.31. The minimum atomic E-state index is -0.427. The van der Waals surface area contributed by atoms with Gasteiger partial charge in [0.15, 0.2) is 0 Å². The van der Waals surface area contributed by atoms with Crippen molar-refractivity contribution in [2.45, 2.75) is 6.92 Å². The highest BCUT2D eigenvalue weighted by Crippen LogP contribution is 2.21. The molecule has 8 nitrogen and oxygen atoms in total. The maximum absolute atomic E-state index is 11.1. The summed E-state index contributed by atoms with van der Waals surface area (Å²) in [4.78, 5) is 25.9. The summed E-state index contributed by atoms with van der Waals surface area (Å²) in [5.41, 5.74) is 1.40. The number of amides is 1. The number of pyridine rings is 1. The van der Waals surface area contributed by atoms with Gasteiger partial charge >= 0.3 is 0 Å². The van der Waals surface area contributed by atoms with E-state index in [9.17, 15) is 14.9 Å². The Morgan fingerprint density at radius 3 is 2.81 bits per heavy atom. The first kappa shape index (κ1) is 18.1. The number of carbonyl (C=O) groups excluding carboxylic acids is 1. The third kappa shape index (κ3) is 4.91. The lowest BCUT2D eigenvalue weighted by molar-refractivity contribution is -0.384. The molecule has 0 aliphatic heterocycles. The fourth-order valence-corrected chi connectivity index (χ4v) is 2.54. The van der Waals surface area contributed by atoms with E-state index in [1.165, 1.54) is 19.1 Å². The number of nitro benzene ring substituents is 1. The Bertz CT molecular complexity index is 990. The maximum atomic E-state index is 11.1. The van der Waals surface area contributed by atoms with E-state index in [2.05, 4.69) is 15.6 Å². The Balaban J connectivity index is 1.55. The zero-order valence-corrected chi connectivity index (χ0v) is 14.6. The number of non-ortho nitro benzene ring substituents is 1. The Kier molecular flexibility index (Phi) is 5.46. The number of carbonyl (C=O) groups is 1. The average molecular weight is 366 g/mol. The van der Waals surface area contributed by atoms with E-state index in [4.69, 9.17) is 4.74 Å². The molecule has 0 saturated carbocycles. The summed E-state index contributed by atoms with van der Waals surface area (Å²) in [6, 6.07) is 15.3. The molecule has 1 amide bonds. The lowest BCUT2D eigenvalue weighted by atomic mass is 10.2. The summed E-state index contributed by atoms with van der Waals surface area (Å²) in [5, 5.41) is 17.4. The van der Waals surface area contributed by atoms with Gasteiger partial charge in [0.2, 0.25) is 5.91 Å². The standard InChI is InChI=1S/C19H18N4O4/c1-13(24)21-15-3-2-4-17(12-15)27-10-9-20-19-8-5-14-11-16(23(25)26)6-7-18(14)22-19/h2-8,11-12H,9-10H2,1H3,(H,20,22)(H,21,24). The van der Waals surface area contributed by atoms with E-state index in [1.807, 2.05) is 6.07 Å². The van der Waals surface area contributed by atoms with Gasteiger partial charge in [-0.05, 0) is 30.3 Å². The van der Waals surface area contributed by atoms with Gasteiger partial charge in [-0.25, -0.2) is 4.98 Å². The molecule has 0 atom stereocenters. The van der Waals surface area contributed by atoms with Crippen LogP contribution in [0.25, 0.3) is 10.9 Å². The molecule has 3 rings (SSSR count). The lowest BCUT2D eigenvalue weighted by Gasteiger charge is -2.10. The first-order chi connectivity index (χ1) is 13.0. The summed E-state index contributed by atoms with van der Waals surface area (Å²) in [6.07, 6.45) is 0. The van der Waals surface area contributed by atoms with Gasteiger partial charge in [0.05, 0.1) is 17.0 Å². The van der Waals surface area contributed by atoms with Crippen LogP contribution in [0.5, 0.6) is 5.75 Å². The smallest absolute Gasteiger partial charge is 0.270 e. The van der Waals surface area contributed by atoms with E-state index >= 15 is 0 Å². The van der Waals surface area contributed by atoms with Crippen LogP contribution < -0.4 is 15.4 Å². The fraction of sp³-hybridized carbons (Fsp3) is 0.158. The number of hydrogen-bond acceptors (Lipinski definition) is 6. The second kappa shape index (κ2) is 8.13. The number of nitro groups is 1. The predicted octanol–water partition coefficient (Wildman–Crippen LogP) is 3.59. The van der Waals surface area contributed by atoms with Gasteiger partial charge in [0, 0.05) is 36.2 Å². The fourth-order valence-electron chi connectivity index (χ4n) is 2.54. The molecule has 0 aliphatic rings. The maximum Gasteiger partial charge on any atom is 0.270 e. The third-order valence-electron chi connectivity index (χ3n) is 3.71. The summed E-state index contributed by atoms with van der Waals surface area (Å²) in [5.74, 6) is 1.18. The van der Waals surface area contributed by atoms with Crippen molar-refractivity contribution in [3.05, 3.63) is 64.7 Å². The van der Waals surface area contributed by atoms with Gasteiger partial charge in [-0.3, -0.25) is 14.9 Å². The Hall–Kier alpha value is -3.68. The molecule has 8 heteroatoms. The number of anilines is 2. The monoisotopic (exact) mass is 366 g/mol. The first-order valence-electron chi connectivity index (χ1n) is 8.31. The number of benzene rings is 2. The van der Waals surface area contributed by atoms with Crippen molar-refractivity contribution >= 4 is 34.0 Å². The van der Waals surface area contributed by atoms with Crippen LogP contribution in [0, 0.1) is 10.1 Å². The molecular formula is C19H18N4O4. The molecule has 0 spiro atoms. The summed E-state index contributed by atoms with van der Waals surface area (Å²) >= 11 is 0. The predicted molar refractivity (Wildman–Crippen MR) is 103 cm³/mol. The zero-order chi connectivity index (χ0) is 19.2. The SMILES string of the molecule is CC(=O)Nc1cccc(OCCNc2ccc3cc([N+](=O)[O-])ccc3n2)c1. The van der Waals surface area contributed by atoms with Gasteiger partial charge in [0.1, 0.15) is 18.2 Å². The largest absolute Gasteiger partial charge is 0.492 e. The van der Waals surface area contributed by atoms with Crippen LogP contribution in [-0.2, 0) is 4.79 Å². The van der Waals surface area contributed by atoms with Crippen molar-refractivity contribution in [3.63, 3.8) is 0 Å². The number of nitrogens with zero attached hydrogens (tertiary/aromatic N) is 2. The zero-order valence-electron chi connectivity index (χ0n) is 14.6. The van der Waals surface area contributed by atoms with Crippen LogP contribution in [0.4, 0.5) is 17.2 Å². The van der Waals surface area contributed by atoms with E-state index in [0.29, 0.717) is 41.3 Å². The van der Waals surface area contributed by atoms with E-state index in [-0.39, 0.29) is 11.6 Å². The van der Waals surface area contributed by atoms with Crippen molar-refractivity contribution < 1.29 is 14.5 Å². The molecule has 1 aromatic heterocycles. The van der Waals surface area contributed by atoms with Crippen LogP contribution in [0.1, 0.15) is 6.92 Å². The summed E-state index contributed by atoms with van der Waals surface area (Å²) in [7, 11) is 0. The van der Waals surface area contributed by atoms with Gasteiger partial charge in [-0.15, -0.1) is 0 Å². The Morgan fingerprint density at radius 1 is 1.19 bits per heavy atom. The second-order valence-corrected chi connectivity index (χ2v) is 5.81. The molecule has 2 N–H and O–H groups in total. The van der Waals surface area contributed by atoms with Crippen LogP contribution in [-0.4, -0.2) is 29.0 Å². The molecule has 0 radical (unpaired) electrons. The molecule has 0 unspecified atom stereocenters. The molecule has 0 aliphatic carbocycles. The molecule has 1 heterocycles. The Labute approximate surface area is 155 Å². The molecule has 138 valence electrons. The van der Waals surface area contributed by atoms with Crippen molar-refractivity contribution in [1.82, 2.24) is 4.98 Å². The van der Waals surface area contributed by atoms with Gasteiger partial charge < -0.3 is 15.4 Å². The van der Waals surface area contributed by atoms with Crippen LogP contribution >= 0.6 is 0 Å². The molecular weight excluding hydrogens is 348 g/mol. The van der Waals surface area contributed by atoms with Crippen molar-refractivity contribution in [2.75, 3.05) is 23.8 Å². The highest BCUT2D eigenvalue weighted by atomic mass is 16.6. The van der Waals surface area contributed by atoms with Crippen molar-refractivity contribution in [1.29, 1.82) is 0 Å². The molecule has 0 saturated heterocycles. The molecule has 3 aromatic rings. The van der Waals surface area contributed by atoms with Crippen LogP contribution in [0.15, 0.2) is 54.6 Å². The van der Waals surface area contributed by atoms with E-state index in [0.717, 1.165) is 0 Å². The Morgan fingerprint density at radius 2 is 2.04 bits per heavy atom. The second-order valence-electron chi connectivity index (χ2n) is 5.81. The van der Waals surface area contributed by atoms with E-state index in [1.54, 1.807) is 36.4 Å². The number of rotatable bonds is 7. The van der Waals surface area contributed by atoms with Gasteiger partial charge in [-0.2, -0.15) is 0 Å². The number of hydrogen-bond donors (Lipinski definition) is 2. The van der Waals surface area contributed by atoms with Gasteiger partial charge in [0.25, 0.3) is 5.69 Å². The van der Waals surface area contributed by atoms with Crippen molar-refractivity contribution in [3.8, 4) is 5.75 Å². The highest BCUT2D eigenvalue weighted by molar-refractivity contribution is 5.88. The van der Waals surface area contributed by atoms with Crippen LogP contribution in [0.3, 0.4) is 0 Å². The highest BCUT2D eigenvalue weighted by Gasteiger charge is 2.07. The summed E-state index contributed by atoms with van der Waals surface area (Å²) < 4.78 is 5.66. The topological polar surface area (TPSA) is 106 Å². The molecule has 0 bridgehead atoms. The number of ether oxygens (including phenoxy) is 1. The lowest BCUT2D eigenvalue weighted by Crippen LogP contribution is -2.12.